The molecule has 0 aliphatic carbocycles. The van der Waals surface area contributed by atoms with Crippen LogP contribution in [0.3, 0.4) is 0 Å². The van der Waals surface area contributed by atoms with Gasteiger partial charge in [-0.2, -0.15) is 0 Å². The van der Waals surface area contributed by atoms with E-state index in [1.54, 1.807) is 24.3 Å². The Morgan fingerprint density at radius 3 is 2.33 bits per heavy atom. The maximum atomic E-state index is 13.5. The normalized spacial score (nSPS) is 13.0. The summed E-state index contributed by atoms with van der Waals surface area (Å²) < 4.78 is 41.1. The van der Waals surface area contributed by atoms with Crippen molar-refractivity contribution in [2.45, 2.75) is 31.9 Å². The van der Waals surface area contributed by atoms with Crippen molar-refractivity contribution in [3.05, 3.63) is 94.0 Å². The van der Waals surface area contributed by atoms with E-state index in [2.05, 4.69) is 10.3 Å². The van der Waals surface area contributed by atoms with Crippen LogP contribution in [0.25, 0.3) is 22.0 Å². The van der Waals surface area contributed by atoms with Crippen molar-refractivity contribution in [3.63, 3.8) is 0 Å². The first-order valence-electron chi connectivity index (χ1n) is 11.2. The lowest BCUT2D eigenvalue weighted by atomic mass is 9.93. The summed E-state index contributed by atoms with van der Waals surface area (Å²) in [5, 5.41) is 27.8. The number of aliphatic hydroxyl groups excluding tert-OH is 1. The average Bonchev–Trinajstić information content (AvgIpc) is 2.86. The molecular formula is C26H22F3N3O4. The molecule has 0 amide bonds. The molecule has 0 aliphatic heterocycles. The zero-order valence-corrected chi connectivity index (χ0v) is 18.9. The molecule has 0 saturated carbocycles. The van der Waals surface area contributed by atoms with Gasteiger partial charge in [-0.1, -0.05) is 35.5 Å². The van der Waals surface area contributed by atoms with Gasteiger partial charge in [0.1, 0.15) is 11.3 Å². The van der Waals surface area contributed by atoms with Crippen LogP contribution in [-0.4, -0.2) is 37.3 Å². The number of nitrogens with zero attached hydrogens (tertiary/aromatic N) is 3. The number of hydrogen-bond acceptors (Lipinski definition) is 5. The molecule has 2 atom stereocenters. The highest BCUT2D eigenvalue weighted by Crippen LogP contribution is 2.23. The van der Waals surface area contributed by atoms with Crippen LogP contribution < -0.4 is 5.56 Å². The lowest BCUT2D eigenvalue weighted by Crippen LogP contribution is -2.32. The number of hydrogen-bond donors (Lipinski definition) is 2. The van der Waals surface area contributed by atoms with E-state index in [1.165, 1.54) is 12.1 Å². The maximum Gasteiger partial charge on any atom is 0.309 e. The molecule has 4 aromatic rings. The molecule has 1 heterocycles. The first-order valence-corrected chi connectivity index (χ1v) is 11.2. The van der Waals surface area contributed by atoms with E-state index in [0.717, 1.165) is 34.5 Å². The van der Waals surface area contributed by atoms with Crippen molar-refractivity contribution in [2.24, 2.45) is 5.92 Å². The Morgan fingerprint density at radius 1 is 0.917 bits per heavy atom. The van der Waals surface area contributed by atoms with Crippen LogP contribution in [0, 0.1) is 23.4 Å². The third-order valence-corrected chi connectivity index (χ3v) is 6.05. The summed E-state index contributed by atoms with van der Waals surface area (Å²) in [6.07, 6.45) is -0.765. The molecule has 0 spiro atoms. The van der Waals surface area contributed by atoms with E-state index in [1.807, 2.05) is 0 Å². The molecule has 1 aromatic heterocycles. The molecule has 7 nitrogen and oxygen atoms in total. The molecular weight excluding hydrogens is 475 g/mol. The monoisotopic (exact) mass is 497 g/mol. The molecule has 0 saturated heterocycles. The number of carbonyl (C=O) groups is 1. The van der Waals surface area contributed by atoms with E-state index in [9.17, 15) is 33.0 Å². The van der Waals surface area contributed by atoms with E-state index < -0.39 is 41.0 Å². The predicted octanol–water partition coefficient (Wildman–Crippen LogP) is 3.96. The van der Waals surface area contributed by atoms with Crippen LogP contribution in [0.4, 0.5) is 13.2 Å². The SMILES string of the molecule is O=C(O)C(CCn1nnc2ccc(F)cc2c1=O)C(O)CCc1ccc(-c2ccc(F)c(F)c2)cc1. The lowest BCUT2D eigenvalue weighted by Gasteiger charge is -2.19. The molecule has 2 unspecified atom stereocenters. The third-order valence-electron chi connectivity index (χ3n) is 6.05. The molecule has 10 heteroatoms. The lowest BCUT2D eigenvalue weighted by molar-refractivity contribution is -0.146. The number of aromatic nitrogens is 3. The van der Waals surface area contributed by atoms with Gasteiger partial charge in [-0.3, -0.25) is 9.59 Å². The number of halogens is 3. The largest absolute Gasteiger partial charge is 0.481 e. The summed E-state index contributed by atoms with van der Waals surface area (Å²) in [5.74, 6) is -4.85. The van der Waals surface area contributed by atoms with Crippen molar-refractivity contribution in [2.75, 3.05) is 0 Å². The van der Waals surface area contributed by atoms with E-state index in [4.69, 9.17) is 0 Å². The molecule has 3 aromatic carbocycles. The second kappa shape index (κ2) is 10.7. The fourth-order valence-corrected chi connectivity index (χ4v) is 3.99. The molecule has 186 valence electrons. The molecule has 0 fully saturated rings. The second-order valence-electron chi connectivity index (χ2n) is 8.44. The van der Waals surface area contributed by atoms with Crippen LogP contribution in [0.2, 0.25) is 0 Å². The number of aliphatic hydroxyl groups is 1. The number of rotatable bonds is 9. The highest BCUT2D eigenvalue weighted by Gasteiger charge is 2.26. The van der Waals surface area contributed by atoms with E-state index >= 15 is 0 Å². The summed E-state index contributed by atoms with van der Waals surface area (Å²) in [4.78, 5) is 24.3. The van der Waals surface area contributed by atoms with Crippen molar-refractivity contribution < 1.29 is 28.2 Å². The summed E-state index contributed by atoms with van der Waals surface area (Å²) in [6, 6.07) is 14.2. The Labute approximate surface area is 203 Å². The van der Waals surface area contributed by atoms with Gasteiger partial charge in [0.25, 0.3) is 5.56 Å². The Hall–Kier alpha value is -4.05. The first-order chi connectivity index (χ1) is 17.2. The van der Waals surface area contributed by atoms with Gasteiger partial charge in [0.2, 0.25) is 0 Å². The van der Waals surface area contributed by atoms with Crippen molar-refractivity contribution >= 4 is 16.9 Å². The second-order valence-corrected chi connectivity index (χ2v) is 8.44. The van der Waals surface area contributed by atoms with Gasteiger partial charge >= 0.3 is 5.97 Å². The minimum Gasteiger partial charge on any atom is -0.481 e. The van der Waals surface area contributed by atoms with Gasteiger partial charge < -0.3 is 10.2 Å². The van der Waals surface area contributed by atoms with E-state index in [-0.39, 0.29) is 30.3 Å². The Balaban J connectivity index is 1.39. The highest BCUT2D eigenvalue weighted by molar-refractivity contribution is 5.76. The minimum atomic E-state index is -1.22. The van der Waals surface area contributed by atoms with Crippen molar-refractivity contribution in [1.29, 1.82) is 0 Å². The predicted molar refractivity (Wildman–Crippen MR) is 126 cm³/mol. The summed E-state index contributed by atoms with van der Waals surface area (Å²) >= 11 is 0. The third kappa shape index (κ3) is 5.60. The number of carboxylic acids is 1. The van der Waals surface area contributed by atoms with Gasteiger partial charge in [0.05, 0.1) is 17.4 Å². The smallest absolute Gasteiger partial charge is 0.309 e. The molecule has 2 N–H and O–H groups in total. The highest BCUT2D eigenvalue weighted by atomic mass is 19.2. The fourth-order valence-electron chi connectivity index (χ4n) is 3.99. The van der Waals surface area contributed by atoms with Crippen LogP contribution in [-0.2, 0) is 17.8 Å². The number of benzene rings is 3. The van der Waals surface area contributed by atoms with Crippen LogP contribution >= 0.6 is 0 Å². The first kappa shape index (κ1) is 25.1. The standard InChI is InChI=1S/C26H22F3N3O4/c27-18-7-9-23-20(14-18)25(34)32(31-30-23)12-11-19(26(35)36)24(33)10-3-15-1-4-16(5-2-15)17-6-8-21(28)22(29)13-17/h1-2,4-9,13-14,19,24,33H,3,10-12H2,(H,35,36). The van der Waals surface area contributed by atoms with E-state index in [0.29, 0.717) is 17.5 Å². The zero-order valence-electron chi connectivity index (χ0n) is 18.9. The number of aliphatic carboxylic acids is 1. The molecule has 0 radical (unpaired) electrons. The fraction of sp³-hybridized carbons (Fsp3) is 0.231. The van der Waals surface area contributed by atoms with Gasteiger partial charge in [0, 0.05) is 6.54 Å². The maximum absolute atomic E-state index is 13.5. The van der Waals surface area contributed by atoms with Gasteiger partial charge in [-0.15, -0.1) is 5.10 Å². The molecule has 0 bridgehead atoms. The summed E-state index contributed by atoms with van der Waals surface area (Å²) in [5.41, 5.74) is 1.65. The average molecular weight is 497 g/mol. The van der Waals surface area contributed by atoms with Crippen molar-refractivity contribution in [1.82, 2.24) is 15.0 Å². The number of aryl methyl sites for hydroxylation is 2. The zero-order chi connectivity index (χ0) is 25.8. The van der Waals surface area contributed by atoms with Crippen molar-refractivity contribution in [3.8, 4) is 11.1 Å². The summed E-state index contributed by atoms with van der Waals surface area (Å²) in [7, 11) is 0. The summed E-state index contributed by atoms with van der Waals surface area (Å²) in [6.45, 7) is -0.116. The number of carboxylic acid groups (broad SMARTS) is 1. The Kier molecular flexibility index (Phi) is 7.44. The Bertz CT molecular complexity index is 1460. The quantitative estimate of drug-likeness (QED) is 0.363. The van der Waals surface area contributed by atoms with Crippen LogP contribution in [0.5, 0.6) is 0 Å². The van der Waals surface area contributed by atoms with Gasteiger partial charge in [-0.05, 0) is 66.3 Å². The minimum absolute atomic E-state index is 0.0317. The topological polar surface area (TPSA) is 105 Å². The molecule has 4 rings (SSSR count). The molecule has 0 aliphatic rings. The van der Waals surface area contributed by atoms with Crippen LogP contribution in [0.1, 0.15) is 18.4 Å². The Morgan fingerprint density at radius 2 is 1.64 bits per heavy atom. The molecule has 36 heavy (non-hydrogen) atoms. The number of fused-ring (bicyclic) bond motifs is 1. The van der Waals surface area contributed by atoms with Crippen LogP contribution in [0.15, 0.2) is 65.5 Å². The van der Waals surface area contributed by atoms with Gasteiger partial charge in [0.15, 0.2) is 11.6 Å². The van der Waals surface area contributed by atoms with Gasteiger partial charge in [-0.25, -0.2) is 17.9 Å².